The lowest BCUT2D eigenvalue weighted by molar-refractivity contribution is -0.158. The van der Waals surface area contributed by atoms with E-state index in [0.29, 0.717) is 5.06 Å². The second-order valence-corrected chi connectivity index (χ2v) is 5.57. The molecule has 11 nitrogen and oxygen atoms in total. The Hall–Kier alpha value is -1.92. The topological polar surface area (TPSA) is 143 Å². The van der Waals surface area contributed by atoms with Gasteiger partial charge in [-0.05, 0) is 12.8 Å². The molecule has 12 heteroatoms. The Labute approximate surface area is 119 Å². The summed E-state index contributed by atoms with van der Waals surface area (Å²) >= 11 is 0. The summed E-state index contributed by atoms with van der Waals surface area (Å²) in [5.41, 5.74) is 1.91. The summed E-state index contributed by atoms with van der Waals surface area (Å²) in [6.45, 7) is 1.16. The number of nitrogens with one attached hydrogen (secondary N) is 1. The van der Waals surface area contributed by atoms with Crippen LogP contribution in [0, 0.1) is 0 Å². The number of hydroxylamine groups is 3. The highest BCUT2D eigenvalue weighted by molar-refractivity contribution is 7.80. The van der Waals surface area contributed by atoms with Crippen molar-refractivity contribution in [1.29, 1.82) is 0 Å². The van der Waals surface area contributed by atoms with Crippen molar-refractivity contribution in [3.05, 3.63) is 0 Å². The van der Waals surface area contributed by atoms with Gasteiger partial charge < -0.3 is 9.74 Å². The van der Waals surface area contributed by atoms with Gasteiger partial charge in [-0.2, -0.15) is 19.0 Å². The predicted octanol–water partition coefficient (Wildman–Crippen LogP) is -1.42. The smallest absolute Gasteiger partial charge is 0.341 e. The quantitative estimate of drug-likeness (QED) is 0.476. The van der Waals surface area contributed by atoms with Crippen LogP contribution in [0.1, 0.15) is 19.8 Å². The lowest BCUT2D eigenvalue weighted by atomic mass is 10.0. The van der Waals surface area contributed by atoms with E-state index in [1.807, 2.05) is 5.48 Å². The third-order valence-electron chi connectivity index (χ3n) is 3.10. The van der Waals surface area contributed by atoms with Gasteiger partial charge in [-0.15, -0.1) is 4.28 Å². The maximum absolute atomic E-state index is 12.0. The zero-order valence-electron chi connectivity index (χ0n) is 10.9. The monoisotopic (exact) mass is 323 g/mol. The molecule has 21 heavy (non-hydrogen) atoms. The zero-order valence-corrected chi connectivity index (χ0v) is 11.7. The standard InChI is InChI=1S/C9H13N3O8S/c1-5(13)19-10-8(14)7-3-2-6-4-11(7)9(15)12(6)20-21(16,17)18/h6-7H,2-4H2,1H3,(H,10,14)(H,16,17,18)/t6-,7+/m1/s1. The van der Waals surface area contributed by atoms with Crippen molar-refractivity contribution in [2.45, 2.75) is 31.8 Å². The molecular formula is C9H13N3O8S. The van der Waals surface area contributed by atoms with Crippen LogP contribution in [0.15, 0.2) is 0 Å². The number of carbonyl (C=O) groups excluding carboxylic acids is 3. The van der Waals surface area contributed by atoms with E-state index in [-0.39, 0.29) is 19.4 Å². The summed E-state index contributed by atoms with van der Waals surface area (Å²) in [4.78, 5) is 39.9. The molecule has 0 aromatic heterocycles. The number of rotatable bonds is 3. The molecule has 2 atom stereocenters. The van der Waals surface area contributed by atoms with Crippen LogP contribution in [0.2, 0.25) is 0 Å². The molecule has 0 radical (unpaired) electrons. The number of nitrogens with zero attached hydrogens (tertiary/aromatic N) is 2. The first-order chi connectivity index (χ1) is 9.69. The minimum Gasteiger partial charge on any atom is -0.341 e. The number of amides is 3. The van der Waals surface area contributed by atoms with Crippen molar-refractivity contribution in [1.82, 2.24) is 15.4 Å². The first-order valence-corrected chi connectivity index (χ1v) is 7.29. The maximum atomic E-state index is 12.0. The van der Waals surface area contributed by atoms with Crippen LogP contribution in [-0.4, -0.2) is 59.5 Å². The van der Waals surface area contributed by atoms with Gasteiger partial charge in [-0.1, -0.05) is 0 Å². The molecule has 2 heterocycles. The molecular weight excluding hydrogens is 310 g/mol. The third-order valence-corrected chi connectivity index (χ3v) is 3.44. The van der Waals surface area contributed by atoms with Gasteiger partial charge in [0.25, 0.3) is 5.91 Å². The van der Waals surface area contributed by atoms with E-state index < -0.39 is 40.4 Å². The molecule has 2 aliphatic heterocycles. The first-order valence-electron chi connectivity index (χ1n) is 5.93. The van der Waals surface area contributed by atoms with Crippen LogP contribution in [0.5, 0.6) is 0 Å². The van der Waals surface area contributed by atoms with Crippen LogP contribution in [0.4, 0.5) is 4.79 Å². The van der Waals surface area contributed by atoms with Crippen molar-refractivity contribution < 1.29 is 36.5 Å². The second kappa shape index (κ2) is 5.46. The molecule has 2 aliphatic rings. The zero-order chi connectivity index (χ0) is 15.8. The van der Waals surface area contributed by atoms with Crippen LogP contribution in [-0.2, 0) is 29.1 Å². The second-order valence-electron chi connectivity index (χ2n) is 4.57. The molecule has 0 aromatic carbocycles. The highest BCUT2D eigenvalue weighted by Crippen LogP contribution is 2.30. The largest absolute Gasteiger partial charge is 0.418 e. The van der Waals surface area contributed by atoms with Gasteiger partial charge in [-0.3, -0.25) is 14.1 Å². The van der Waals surface area contributed by atoms with E-state index in [4.69, 9.17) is 4.55 Å². The number of hydrogen-bond donors (Lipinski definition) is 2. The summed E-state index contributed by atoms with van der Waals surface area (Å²) in [7, 11) is -4.83. The summed E-state index contributed by atoms with van der Waals surface area (Å²) in [5, 5.41) is 0.522. The Morgan fingerprint density at radius 2 is 2.05 bits per heavy atom. The number of hydrogen-bond acceptors (Lipinski definition) is 7. The van der Waals surface area contributed by atoms with Gasteiger partial charge in [0.05, 0.1) is 6.04 Å². The molecule has 0 aromatic rings. The van der Waals surface area contributed by atoms with Crippen LogP contribution < -0.4 is 5.48 Å². The Morgan fingerprint density at radius 1 is 1.38 bits per heavy atom. The summed E-state index contributed by atoms with van der Waals surface area (Å²) in [5.74, 6) is -1.42. The van der Waals surface area contributed by atoms with E-state index in [2.05, 4.69) is 9.12 Å². The van der Waals surface area contributed by atoms with Gasteiger partial charge in [0.1, 0.15) is 6.04 Å². The Balaban J connectivity index is 2.06. The van der Waals surface area contributed by atoms with Crippen molar-refractivity contribution in [3.8, 4) is 0 Å². The van der Waals surface area contributed by atoms with Gasteiger partial charge in [0.2, 0.25) is 0 Å². The van der Waals surface area contributed by atoms with Crippen molar-refractivity contribution in [2.75, 3.05) is 6.54 Å². The lowest BCUT2D eigenvalue weighted by Gasteiger charge is -2.28. The fourth-order valence-corrected chi connectivity index (χ4v) is 2.68. The van der Waals surface area contributed by atoms with E-state index in [0.717, 1.165) is 11.8 Å². The summed E-state index contributed by atoms with van der Waals surface area (Å²) in [6, 6.07) is -2.36. The molecule has 3 amide bonds. The number of carbonyl (C=O) groups is 3. The Morgan fingerprint density at radius 3 is 2.62 bits per heavy atom. The maximum Gasteiger partial charge on any atom is 0.418 e. The van der Waals surface area contributed by atoms with Gasteiger partial charge >= 0.3 is 22.4 Å². The molecule has 2 saturated heterocycles. The average Bonchev–Trinajstić information content (AvgIpc) is 2.60. The molecule has 0 unspecified atom stereocenters. The summed E-state index contributed by atoms with van der Waals surface area (Å²) in [6.07, 6.45) is 0.519. The first kappa shape index (κ1) is 15.5. The number of urea groups is 1. The molecule has 2 bridgehead atoms. The van der Waals surface area contributed by atoms with E-state index in [1.54, 1.807) is 0 Å². The predicted molar refractivity (Wildman–Crippen MR) is 63.3 cm³/mol. The van der Waals surface area contributed by atoms with Gasteiger partial charge in [0, 0.05) is 13.5 Å². The molecule has 0 spiro atoms. The minimum atomic E-state index is -4.83. The minimum absolute atomic E-state index is 0.0620. The molecule has 2 N–H and O–H groups in total. The van der Waals surface area contributed by atoms with Crippen LogP contribution >= 0.6 is 0 Å². The van der Waals surface area contributed by atoms with Crippen LogP contribution in [0.25, 0.3) is 0 Å². The fraction of sp³-hybridized carbons (Fsp3) is 0.667. The van der Waals surface area contributed by atoms with Gasteiger partial charge in [-0.25, -0.2) is 4.79 Å². The number of piperidine rings is 1. The van der Waals surface area contributed by atoms with Crippen molar-refractivity contribution in [2.24, 2.45) is 0 Å². The van der Waals surface area contributed by atoms with Crippen LogP contribution in [0.3, 0.4) is 0 Å². The molecule has 118 valence electrons. The summed E-state index contributed by atoms with van der Waals surface area (Å²) < 4.78 is 34.2. The van der Waals surface area contributed by atoms with E-state index >= 15 is 0 Å². The average molecular weight is 323 g/mol. The molecule has 2 rings (SSSR count). The molecule has 0 aliphatic carbocycles. The van der Waals surface area contributed by atoms with E-state index in [1.165, 1.54) is 0 Å². The van der Waals surface area contributed by atoms with Crippen molar-refractivity contribution >= 4 is 28.3 Å². The van der Waals surface area contributed by atoms with Crippen molar-refractivity contribution in [3.63, 3.8) is 0 Å². The Bertz CT molecular complexity index is 576. The highest BCUT2D eigenvalue weighted by atomic mass is 32.3. The SMILES string of the molecule is CC(=O)ONC(=O)[C@@H]1CC[C@@H]2CN1C(=O)N2OS(=O)(=O)O. The molecule has 0 saturated carbocycles. The normalized spacial score (nSPS) is 25.0. The Kier molecular flexibility index (Phi) is 4.02. The third kappa shape index (κ3) is 3.40. The lowest BCUT2D eigenvalue weighted by Crippen LogP contribution is -2.50. The molecule has 2 fully saturated rings. The number of fused-ring (bicyclic) bond motifs is 2. The van der Waals surface area contributed by atoms with Gasteiger partial charge in [0.15, 0.2) is 0 Å². The van der Waals surface area contributed by atoms with E-state index in [9.17, 15) is 22.8 Å². The highest BCUT2D eigenvalue weighted by Gasteiger charge is 2.49. The fourth-order valence-electron chi connectivity index (χ4n) is 2.29.